The number of ether oxygens (including phenoxy) is 1. The van der Waals surface area contributed by atoms with E-state index in [-0.39, 0.29) is 0 Å². The van der Waals surface area contributed by atoms with Crippen molar-refractivity contribution in [2.24, 2.45) is 0 Å². The Bertz CT molecular complexity index is 752. The number of pyridine rings is 1. The van der Waals surface area contributed by atoms with Gasteiger partial charge in [0.15, 0.2) is 4.77 Å². The van der Waals surface area contributed by atoms with Crippen LogP contribution in [0, 0.1) is 4.77 Å². The zero-order chi connectivity index (χ0) is 16.4. The molecule has 1 N–H and O–H groups in total. The molecule has 3 heterocycles. The van der Waals surface area contributed by atoms with E-state index in [2.05, 4.69) is 25.9 Å². The second-order valence-corrected chi connectivity index (χ2v) is 7.07. The maximum absolute atomic E-state index is 5.93. The molecule has 0 atom stereocenters. The summed E-state index contributed by atoms with van der Waals surface area (Å²) in [6.07, 6.45) is 10.1. The van der Waals surface area contributed by atoms with Crippen molar-refractivity contribution in [1.82, 2.24) is 19.9 Å². The minimum atomic E-state index is 0.361. The summed E-state index contributed by atoms with van der Waals surface area (Å²) in [5.41, 5.74) is 3.68. The predicted octanol–water partition coefficient (Wildman–Crippen LogP) is 3.41. The highest BCUT2D eigenvalue weighted by Gasteiger charge is 2.18. The van der Waals surface area contributed by atoms with Crippen molar-refractivity contribution in [3.05, 3.63) is 46.1 Å². The average molecular weight is 342 g/mol. The molecule has 0 bridgehead atoms. The van der Waals surface area contributed by atoms with Crippen molar-refractivity contribution in [2.45, 2.75) is 51.3 Å². The summed E-state index contributed by atoms with van der Waals surface area (Å²) in [6, 6.07) is 4.13. The molecule has 6 heteroatoms. The van der Waals surface area contributed by atoms with E-state index >= 15 is 0 Å². The molecule has 0 spiro atoms. The van der Waals surface area contributed by atoms with Crippen molar-refractivity contribution in [1.29, 1.82) is 0 Å². The zero-order valence-corrected chi connectivity index (χ0v) is 14.5. The second kappa shape index (κ2) is 6.99. The Labute approximate surface area is 147 Å². The van der Waals surface area contributed by atoms with Crippen LogP contribution in [-0.4, -0.2) is 32.5 Å². The Balaban J connectivity index is 1.37. The molecule has 5 nitrogen and oxygen atoms in total. The molecule has 4 rings (SSSR count). The van der Waals surface area contributed by atoms with Gasteiger partial charge in [-0.05, 0) is 43.5 Å². The molecule has 1 aliphatic heterocycles. The van der Waals surface area contributed by atoms with Gasteiger partial charge in [-0.25, -0.2) is 9.97 Å². The molecule has 2 aromatic heterocycles. The average Bonchev–Trinajstić information content (AvgIpc) is 3.10. The molecule has 0 aromatic carbocycles. The van der Waals surface area contributed by atoms with E-state index in [0.717, 1.165) is 44.8 Å². The van der Waals surface area contributed by atoms with Crippen LogP contribution in [-0.2, 0) is 19.5 Å². The molecular formula is C18H22N4OS. The van der Waals surface area contributed by atoms with Gasteiger partial charge in [0, 0.05) is 55.8 Å². The molecule has 1 aliphatic carbocycles. The smallest absolute Gasteiger partial charge is 0.213 e. The number of fused-ring (bicyclic) bond motifs is 1. The fourth-order valence-electron chi connectivity index (χ4n) is 3.55. The third-order valence-electron chi connectivity index (χ3n) is 4.85. The molecule has 24 heavy (non-hydrogen) atoms. The third-order valence-corrected chi connectivity index (χ3v) is 5.06. The Hall–Kier alpha value is -1.79. The topological polar surface area (TPSA) is 54.0 Å². The first kappa shape index (κ1) is 15.7. The largest absolute Gasteiger partial charge is 0.474 e. The molecule has 2 aromatic rings. The Morgan fingerprint density at radius 2 is 2.08 bits per heavy atom. The van der Waals surface area contributed by atoms with Crippen molar-refractivity contribution < 1.29 is 4.74 Å². The molecule has 1 fully saturated rings. The summed E-state index contributed by atoms with van der Waals surface area (Å²) in [4.78, 5) is 14.3. The zero-order valence-electron chi connectivity index (χ0n) is 13.7. The lowest BCUT2D eigenvalue weighted by Gasteiger charge is -2.28. The Morgan fingerprint density at radius 1 is 1.21 bits per heavy atom. The SMILES string of the molecule is S=c1ncc2c([nH]1)CCN(Cc1ccc(OC3CCCC3)nc1)C2. The molecule has 126 valence electrons. The van der Waals surface area contributed by atoms with E-state index in [1.807, 2.05) is 18.5 Å². The van der Waals surface area contributed by atoms with Crippen LogP contribution in [0.4, 0.5) is 0 Å². The molecule has 0 amide bonds. The fraction of sp³-hybridized carbons (Fsp3) is 0.500. The highest BCUT2D eigenvalue weighted by molar-refractivity contribution is 7.71. The first-order valence-electron chi connectivity index (χ1n) is 8.67. The predicted molar refractivity (Wildman–Crippen MR) is 94.4 cm³/mol. The van der Waals surface area contributed by atoms with Crippen LogP contribution in [0.25, 0.3) is 0 Å². The number of H-pyrrole nitrogens is 1. The minimum absolute atomic E-state index is 0.361. The number of hydrogen-bond acceptors (Lipinski definition) is 5. The lowest BCUT2D eigenvalue weighted by atomic mass is 10.1. The summed E-state index contributed by atoms with van der Waals surface area (Å²) < 4.78 is 6.50. The van der Waals surface area contributed by atoms with Gasteiger partial charge in [0.05, 0.1) is 0 Å². The monoisotopic (exact) mass is 342 g/mol. The van der Waals surface area contributed by atoms with Crippen molar-refractivity contribution in [3.8, 4) is 5.88 Å². The number of aromatic nitrogens is 3. The van der Waals surface area contributed by atoms with Crippen LogP contribution in [0.1, 0.15) is 42.5 Å². The van der Waals surface area contributed by atoms with Crippen molar-refractivity contribution in [3.63, 3.8) is 0 Å². The van der Waals surface area contributed by atoms with E-state index in [1.165, 1.54) is 29.7 Å². The van der Waals surface area contributed by atoms with Crippen molar-refractivity contribution >= 4 is 12.2 Å². The maximum Gasteiger partial charge on any atom is 0.213 e. The van der Waals surface area contributed by atoms with Gasteiger partial charge >= 0.3 is 0 Å². The van der Waals surface area contributed by atoms with Crippen LogP contribution in [0.3, 0.4) is 0 Å². The van der Waals surface area contributed by atoms with Gasteiger partial charge in [-0.2, -0.15) is 0 Å². The van der Waals surface area contributed by atoms with Gasteiger partial charge in [0.2, 0.25) is 5.88 Å². The van der Waals surface area contributed by atoms with Gasteiger partial charge < -0.3 is 9.72 Å². The number of hydrogen-bond donors (Lipinski definition) is 1. The van der Waals surface area contributed by atoms with Crippen LogP contribution >= 0.6 is 12.2 Å². The molecule has 0 unspecified atom stereocenters. The number of aromatic amines is 1. The number of nitrogens with one attached hydrogen (secondary N) is 1. The molecule has 2 aliphatic rings. The highest BCUT2D eigenvalue weighted by atomic mass is 32.1. The summed E-state index contributed by atoms with van der Waals surface area (Å²) >= 11 is 5.09. The lowest BCUT2D eigenvalue weighted by Crippen LogP contribution is -2.30. The first-order chi connectivity index (χ1) is 11.8. The summed E-state index contributed by atoms with van der Waals surface area (Å²) in [6.45, 7) is 2.81. The molecule has 0 saturated heterocycles. The fourth-order valence-corrected chi connectivity index (χ4v) is 3.73. The minimum Gasteiger partial charge on any atom is -0.474 e. The van der Waals surface area contributed by atoms with Gasteiger partial charge in [0.1, 0.15) is 6.10 Å². The summed E-state index contributed by atoms with van der Waals surface area (Å²) in [5, 5.41) is 0. The highest BCUT2D eigenvalue weighted by Crippen LogP contribution is 2.23. The summed E-state index contributed by atoms with van der Waals surface area (Å²) in [5.74, 6) is 0.756. The second-order valence-electron chi connectivity index (χ2n) is 6.68. The van der Waals surface area contributed by atoms with Gasteiger partial charge in [-0.1, -0.05) is 6.07 Å². The molecule has 0 radical (unpaired) electrons. The van der Waals surface area contributed by atoms with Crippen LogP contribution in [0.5, 0.6) is 5.88 Å². The molecule has 1 saturated carbocycles. The Kier molecular flexibility index (Phi) is 4.58. The number of rotatable bonds is 4. The number of nitrogens with zero attached hydrogens (tertiary/aromatic N) is 3. The van der Waals surface area contributed by atoms with E-state index in [9.17, 15) is 0 Å². The first-order valence-corrected chi connectivity index (χ1v) is 9.08. The van der Waals surface area contributed by atoms with Crippen LogP contribution in [0.2, 0.25) is 0 Å². The van der Waals surface area contributed by atoms with Crippen molar-refractivity contribution in [2.75, 3.05) is 6.54 Å². The normalized spacial score (nSPS) is 18.5. The summed E-state index contributed by atoms with van der Waals surface area (Å²) in [7, 11) is 0. The van der Waals surface area contributed by atoms with Gasteiger partial charge in [-0.15, -0.1) is 0 Å². The standard InChI is InChI=1S/C18H22N4OS/c24-18-20-10-14-12-22(8-7-16(14)21-18)11-13-5-6-17(19-9-13)23-15-3-1-2-4-15/h5-6,9-10,15H,1-4,7-8,11-12H2,(H,20,21,24). The van der Waals surface area contributed by atoms with E-state index in [1.54, 1.807) is 0 Å². The maximum atomic E-state index is 5.93. The lowest BCUT2D eigenvalue weighted by molar-refractivity contribution is 0.201. The Morgan fingerprint density at radius 3 is 2.88 bits per heavy atom. The van der Waals surface area contributed by atoms with Crippen LogP contribution < -0.4 is 4.74 Å². The van der Waals surface area contributed by atoms with Crippen LogP contribution in [0.15, 0.2) is 24.5 Å². The van der Waals surface area contributed by atoms with E-state index in [4.69, 9.17) is 17.0 Å². The molecular weight excluding hydrogens is 320 g/mol. The van der Waals surface area contributed by atoms with E-state index < -0.39 is 0 Å². The third kappa shape index (κ3) is 3.65. The van der Waals surface area contributed by atoms with Gasteiger partial charge in [-0.3, -0.25) is 4.90 Å². The van der Waals surface area contributed by atoms with E-state index in [0.29, 0.717) is 10.9 Å². The quantitative estimate of drug-likeness (QED) is 0.863. The van der Waals surface area contributed by atoms with Gasteiger partial charge in [0.25, 0.3) is 0 Å².